The molecule has 1 atom stereocenters. The summed E-state index contributed by atoms with van der Waals surface area (Å²) in [5, 5.41) is 13.6. The first-order valence-electron chi connectivity index (χ1n) is 9.86. The summed E-state index contributed by atoms with van der Waals surface area (Å²) in [6.07, 6.45) is 3.88. The highest BCUT2D eigenvalue weighted by Gasteiger charge is 2.35. The molecule has 1 unspecified atom stereocenters. The highest BCUT2D eigenvalue weighted by atomic mass is 16.3. The first-order valence-corrected chi connectivity index (χ1v) is 9.86. The van der Waals surface area contributed by atoms with E-state index in [4.69, 9.17) is 0 Å². The molecular formula is C23H29N3O2. The normalized spacial score (nSPS) is 18.1. The van der Waals surface area contributed by atoms with Gasteiger partial charge in [-0.3, -0.25) is 4.79 Å². The first-order chi connectivity index (χ1) is 13.3. The summed E-state index contributed by atoms with van der Waals surface area (Å²) in [7, 11) is 0. The topological polar surface area (TPSA) is 64.9 Å². The van der Waals surface area contributed by atoms with Crippen LogP contribution in [0.4, 0.5) is 5.69 Å². The van der Waals surface area contributed by atoms with Crippen LogP contribution in [-0.2, 0) is 0 Å². The third kappa shape index (κ3) is 4.19. The molecule has 0 spiro atoms. The minimum Gasteiger partial charge on any atom is -0.508 e. The number of hydrogen-bond acceptors (Lipinski definition) is 4. The lowest BCUT2D eigenvalue weighted by molar-refractivity contribution is 0.0954. The molecule has 2 N–H and O–H groups in total. The summed E-state index contributed by atoms with van der Waals surface area (Å²) in [6, 6.07) is 12.6. The van der Waals surface area contributed by atoms with E-state index in [1.165, 1.54) is 23.4 Å². The molecule has 148 valence electrons. The minimum atomic E-state index is -0.352. The lowest BCUT2D eigenvalue weighted by Gasteiger charge is -2.47. The van der Waals surface area contributed by atoms with Gasteiger partial charge in [0, 0.05) is 23.3 Å². The molecule has 0 aliphatic carbocycles. The largest absolute Gasteiger partial charge is 0.508 e. The fourth-order valence-electron chi connectivity index (χ4n) is 4.11. The van der Waals surface area contributed by atoms with Crippen molar-refractivity contribution in [3.63, 3.8) is 0 Å². The number of benzene rings is 2. The molecule has 3 rings (SSSR count). The van der Waals surface area contributed by atoms with E-state index >= 15 is 0 Å². The van der Waals surface area contributed by atoms with Gasteiger partial charge in [0.15, 0.2) is 0 Å². The van der Waals surface area contributed by atoms with E-state index in [0.717, 1.165) is 24.9 Å². The van der Waals surface area contributed by atoms with Crippen molar-refractivity contribution in [3.05, 3.63) is 59.2 Å². The van der Waals surface area contributed by atoms with Crippen LogP contribution >= 0.6 is 0 Å². The molecule has 0 saturated heterocycles. The Morgan fingerprint density at radius 3 is 2.82 bits per heavy atom. The molecule has 2 aromatic carbocycles. The van der Waals surface area contributed by atoms with Crippen molar-refractivity contribution >= 4 is 17.8 Å². The van der Waals surface area contributed by atoms with Gasteiger partial charge in [-0.2, -0.15) is 5.10 Å². The van der Waals surface area contributed by atoms with E-state index in [9.17, 15) is 9.90 Å². The second-order valence-electron chi connectivity index (χ2n) is 8.14. The van der Waals surface area contributed by atoms with Crippen molar-refractivity contribution in [2.24, 2.45) is 5.10 Å². The van der Waals surface area contributed by atoms with Gasteiger partial charge in [-0.05, 0) is 74.1 Å². The predicted molar refractivity (Wildman–Crippen MR) is 114 cm³/mol. The van der Waals surface area contributed by atoms with E-state index in [1.54, 1.807) is 18.3 Å². The molecule has 28 heavy (non-hydrogen) atoms. The fourth-order valence-corrected chi connectivity index (χ4v) is 4.11. The summed E-state index contributed by atoms with van der Waals surface area (Å²) < 4.78 is 0. The number of nitrogens with one attached hydrogen (secondary N) is 1. The maximum absolute atomic E-state index is 12.1. The lowest BCUT2D eigenvalue weighted by atomic mass is 9.79. The van der Waals surface area contributed by atoms with E-state index < -0.39 is 0 Å². The number of phenolic OH excluding ortho intramolecular Hbond substituents is 1. The van der Waals surface area contributed by atoms with Gasteiger partial charge in [0.25, 0.3) is 5.91 Å². The quantitative estimate of drug-likeness (QED) is 0.587. The summed E-state index contributed by atoms with van der Waals surface area (Å²) >= 11 is 0. The zero-order chi connectivity index (χ0) is 20.3. The van der Waals surface area contributed by atoms with E-state index in [1.807, 2.05) is 6.07 Å². The van der Waals surface area contributed by atoms with E-state index in [2.05, 4.69) is 55.3 Å². The number of carbonyl (C=O) groups excluding carboxylic acids is 1. The number of amides is 1. The van der Waals surface area contributed by atoms with Crippen LogP contribution in [0.3, 0.4) is 0 Å². The number of aromatic hydroxyl groups is 1. The second kappa shape index (κ2) is 8.05. The molecule has 1 aliphatic rings. The van der Waals surface area contributed by atoms with Gasteiger partial charge in [-0.15, -0.1) is 0 Å². The van der Waals surface area contributed by atoms with Crippen LogP contribution in [0, 0.1) is 0 Å². The van der Waals surface area contributed by atoms with Crippen LogP contribution in [0.15, 0.2) is 47.6 Å². The minimum absolute atomic E-state index is 0.0554. The standard InChI is InChI=1S/C23H29N3O2/c1-5-11-26-21-10-9-17(12-20(21)16(2)14-23(26,3)4)15-24-25-22(28)18-7-6-8-19(27)13-18/h6-10,12-13,15-16,27H,5,11,14H2,1-4H3,(H,25,28)/b24-15+. The molecule has 1 aliphatic heterocycles. The monoisotopic (exact) mass is 379 g/mol. The number of phenols is 1. The molecule has 0 fully saturated rings. The number of carbonyl (C=O) groups is 1. The summed E-state index contributed by atoms with van der Waals surface area (Å²) in [5.74, 6) is 0.169. The number of rotatable bonds is 5. The molecule has 1 heterocycles. The zero-order valence-corrected chi connectivity index (χ0v) is 17.1. The van der Waals surface area contributed by atoms with Crippen molar-refractivity contribution < 1.29 is 9.90 Å². The van der Waals surface area contributed by atoms with Crippen LogP contribution in [-0.4, -0.2) is 29.3 Å². The van der Waals surface area contributed by atoms with Gasteiger partial charge < -0.3 is 10.0 Å². The highest BCUT2D eigenvalue weighted by Crippen LogP contribution is 2.43. The molecule has 0 bridgehead atoms. The Morgan fingerprint density at radius 2 is 2.11 bits per heavy atom. The van der Waals surface area contributed by atoms with Gasteiger partial charge >= 0.3 is 0 Å². The van der Waals surface area contributed by atoms with Gasteiger partial charge in [0.05, 0.1) is 6.21 Å². The van der Waals surface area contributed by atoms with Crippen LogP contribution in [0.5, 0.6) is 5.75 Å². The predicted octanol–water partition coefficient (Wildman–Crippen LogP) is 4.66. The summed E-state index contributed by atoms with van der Waals surface area (Å²) in [5.41, 5.74) is 6.62. The highest BCUT2D eigenvalue weighted by molar-refractivity contribution is 5.95. The average molecular weight is 380 g/mol. The van der Waals surface area contributed by atoms with Gasteiger partial charge in [0.2, 0.25) is 0 Å². The Hall–Kier alpha value is -2.82. The van der Waals surface area contributed by atoms with Gasteiger partial charge in [-0.1, -0.05) is 26.0 Å². The number of nitrogens with zero attached hydrogens (tertiary/aromatic N) is 2. The smallest absolute Gasteiger partial charge is 0.271 e. The van der Waals surface area contributed by atoms with E-state index in [-0.39, 0.29) is 17.2 Å². The molecule has 0 radical (unpaired) electrons. The summed E-state index contributed by atoms with van der Waals surface area (Å²) in [4.78, 5) is 14.6. The lowest BCUT2D eigenvalue weighted by Crippen LogP contribution is -2.48. The maximum atomic E-state index is 12.1. The number of hydrogen-bond donors (Lipinski definition) is 2. The van der Waals surface area contributed by atoms with Crippen molar-refractivity contribution in [2.75, 3.05) is 11.4 Å². The number of hydrazone groups is 1. The fraction of sp³-hybridized carbons (Fsp3) is 0.391. The Balaban J connectivity index is 1.77. The molecule has 1 amide bonds. The van der Waals surface area contributed by atoms with Crippen LogP contribution < -0.4 is 10.3 Å². The third-order valence-corrected chi connectivity index (χ3v) is 5.34. The van der Waals surface area contributed by atoms with Crippen molar-refractivity contribution in [1.82, 2.24) is 5.43 Å². The van der Waals surface area contributed by atoms with Crippen molar-refractivity contribution in [1.29, 1.82) is 0 Å². The van der Waals surface area contributed by atoms with Crippen LogP contribution in [0.2, 0.25) is 0 Å². The van der Waals surface area contributed by atoms with Crippen LogP contribution in [0.25, 0.3) is 0 Å². The zero-order valence-electron chi connectivity index (χ0n) is 17.1. The Kier molecular flexibility index (Phi) is 5.73. The third-order valence-electron chi connectivity index (χ3n) is 5.34. The van der Waals surface area contributed by atoms with Crippen molar-refractivity contribution in [2.45, 2.75) is 52.0 Å². The van der Waals surface area contributed by atoms with Crippen LogP contribution in [0.1, 0.15) is 67.9 Å². The molecule has 2 aromatic rings. The average Bonchev–Trinajstić information content (AvgIpc) is 2.65. The van der Waals surface area contributed by atoms with Crippen molar-refractivity contribution in [3.8, 4) is 5.75 Å². The summed E-state index contributed by atoms with van der Waals surface area (Å²) in [6.45, 7) is 10.2. The maximum Gasteiger partial charge on any atom is 0.271 e. The second-order valence-corrected chi connectivity index (χ2v) is 8.14. The number of fused-ring (bicyclic) bond motifs is 1. The van der Waals surface area contributed by atoms with E-state index in [0.29, 0.717) is 11.5 Å². The SMILES string of the molecule is CCCN1c2ccc(/C=N/NC(=O)c3cccc(O)c3)cc2C(C)CC1(C)C. The van der Waals surface area contributed by atoms with Gasteiger partial charge in [0.1, 0.15) is 5.75 Å². The van der Waals surface area contributed by atoms with Gasteiger partial charge in [-0.25, -0.2) is 5.43 Å². The molecule has 0 saturated carbocycles. The Morgan fingerprint density at radius 1 is 1.32 bits per heavy atom. The molecule has 0 aromatic heterocycles. The molecule has 5 nitrogen and oxygen atoms in total. The number of anilines is 1. The Labute approximate surface area is 167 Å². The molecule has 5 heteroatoms. The molecular weight excluding hydrogens is 350 g/mol. The Bertz CT molecular complexity index is 889. The first kappa shape index (κ1) is 19.9.